The molecular weight excluding hydrogens is 438 g/mol. The molecule has 1 aromatic carbocycles. The minimum Gasteiger partial charge on any atom is -0.348 e. The highest BCUT2D eigenvalue weighted by molar-refractivity contribution is 5.94. The van der Waals surface area contributed by atoms with E-state index in [1.54, 1.807) is 30.5 Å². The van der Waals surface area contributed by atoms with Crippen LogP contribution in [0.25, 0.3) is 11.3 Å². The van der Waals surface area contributed by atoms with Crippen molar-refractivity contribution in [2.24, 2.45) is 5.92 Å². The van der Waals surface area contributed by atoms with Crippen LogP contribution in [0.1, 0.15) is 41.4 Å². The maximum atomic E-state index is 13.2. The Hall–Kier alpha value is -3.68. The van der Waals surface area contributed by atoms with Crippen molar-refractivity contribution < 1.29 is 18.4 Å². The van der Waals surface area contributed by atoms with E-state index in [4.69, 9.17) is 0 Å². The predicted molar refractivity (Wildman–Crippen MR) is 126 cm³/mol. The number of nitrogens with one attached hydrogen (secondary N) is 1. The summed E-state index contributed by atoms with van der Waals surface area (Å²) in [6.07, 6.45) is 2.87. The quantitative estimate of drug-likeness (QED) is 0.546. The van der Waals surface area contributed by atoms with E-state index in [1.165, 1.54) is 18.0 Å². The number of carbonyl (C=O) groups is 2. The van der Waals surface area contributed by atoms with Crippen LogP contribution in [0.2, 0.25) is 0 Å². The summed E-state index contributed by atoms with van der Waals surface area (Å²) in [6.45, 7) is 3.99. The molecule has 1 fully saturated rings. The lowest BCUT2D eigenvalue weighted by atomic mass is 9.81. The summed E-state index contributed by atoms with van der Waals surface area (Å²) >= 11 is 0. The van der Waals surface area contributed by atoms with Crippen LogP contribution in [0, 0.1) is 12.8 Å². The number of rotatable bonds is 7. The number of pyridine rings is 2. The standard InChI is InChI=1S/C26H26F2N4O2/c1-17-21(4-3-11-29-17)14-31-25(34)22-7-10-24(30-15-22)20-5-8-23(9-6-20)32(18(2)33)16-19-12-26(27,28)13-19/h3-11,15,19H,12-14,16H2,1-2H3,(H,31,34). The molecule has 176 valence electrons. The van der Waals surface area contributed by atoms with Crippen molar-refractivity contribution in [3.63, 3.8) is 0 Å². The summed E-state index contributed by atoms with van der Waals surface area (Å²) in [6, 6.07) is 14.4. The van der Waals surface area contributed by atoms with Crippen LogP contribution < -0.4 is 10.2 Å². The molecular formula is C26H26F2N4O2. The van der Waals surface area contributed by atoms with Crippen molar-refractivity contribution in [1.82, 2.24) is 15.3 Å². The fourth-order valence-electron chi connectivity index (χ4n) is 4.08. The number of alkyl halides is 2. The monoisotopic (exact) mass is 464 g/mol. The third kappa shape index (κ3) is 5.44. The van der Waals surface area contributed by atoms with Crippen molar-refractivity contribution in [2.45, 2.75) is 39.2 Å². The normalized spacial score (nSPS) is 14.8. The highest BCUT2D eigenvalue weighted by atomic mass is 19.3. The van der Waals surface area contributed by atoms with Crippen LogP contribution in [0.3, 0.4) is 0 Å². The second-order valence-electron chi connectivity index (χ2n) is 8.67. The Balaban J connectivity index is 1.39. The molecule has 3 aromatic rings. The van der Waals surface area contributed by atoms with Gasteiger partial charge in [0.25, 0.3) is 5.91 Å². The molecule has 0 radical (unpaired) electrons. The zero-order valence-electron chi connectivity index (χ0n) is 19.1. The highest BCUT2D eigenvalue weighted by Gasteiger charge is 2.45. The van der Waals surface area contributed by atoms with Gasteiger partial charge in [-0.2, -0.15) is 0 Å². The number of benzene rings is 1. The van der Waals surface area contributed by atoms with Gasteiger partial charge in [0.2, 0.25) is 11.8 Å². The van der Waals surface area contributed by atoms with Gasteiger partial charge in [0.15, 0.2) is 0 Å². The van der Waals surface area contributed by atoms with Crippen LogP contribution in [0.4, 0.5) is 14.5 Å². The number of hydrogen-bond donors (Lipinski definition) is 1. The average molecular weight is 465 g/mol. The van der Waals surface area contributed by atoms with Crippen molar-refractivity contribution in [3.8, 4) is 11.3 Å². The molecule has 0 spiro atoms. The summed E-state index contributed by atoms with van der Waals surface area (Å²) in [5.41, 5.74) is 4.43. The van der Waals surface area contributed by atoms with E-state index >= 15 is 0 Å². The number of nitrogens with zero attached hydrogens (tertiary/aromatic N) is 3. The minimum absolute atomic E-state index is 0.180. The molecule has 6 nitrogen and oxygen atoms in total. The van der Waals surface area contributed by atoms with E-state index in [9.17, 15) is 18.4 Å². The minimum atomic E-state index is -2.61. The van der Waals surface area contributed by atoms with E-state index in [1.807, 2.05) is 31.2 Å². The lowest BCUT2D eigenvalue weighted by molar-refractivity contribution is -0.121. The van der Waals surface area contributed by atoms with Gasteiger partial charge in [-0.05, 0) is 48.7 Å². The summed E-state index contributed by atoms with van der Waals surface area (Å²) in [4.78, 5) is 34.7. The van der Waals surface area contributed by atoms with E-state index in [2.05, 4.69) is 15.3 Å². The van der Waals surface area contributed by atoms with Crippen LogP contribution >= 0.6 is 0 Å². The van der Waals surface area contributed by atoms with Crippen molar-refractivity contribution in [2.75, 3.05) is 11.4 Å². The number of amides is 2. The Morgan fingerprint density at radius 2 is 1.82 bits per heavy atom. The van der Waals surface area contributed by atoms with Gasteiger partial charge in [0.05, 0.1) is 11.3 Å². The second-order valence-corrected chi connectivity index (χ2v) is 8.67. The topological polar surface area (TPSA) is 75.2 Å². The van der Waals surface area contributed by atoms with Crippen LogP contribution in [-0.4, -0.2) is 34.2 Å². The molecule has 8 heteroatoms. The fraction of sp³-hybridized carbons (Fsp3) is 0.308. The second kappa shape index (κ2) is 9.67. The summed E-state index contributed by atoms with van der Waals surface area (Å²) < 4.78 is 26.3. The average Bonchev–Trinajstić information content (AvgIpc) is 2.80. The highest BCUT2D eigenvalue weighted by Crippen LogP contribution is 2.43. The van der Waals surface area contributed by atoms with E-state index in [0.29, 0.717) is 23.5 Å². The maximum absolute atomic E-state index is 13.2. The van der Waals surface area contributed by atoms with Crippen molar-refractivity contribution in [1.29, 1.82) is 0 Å². The first-order chi connectivity index (χ1) is 16.2. The van der Waals surface area contributed by atoms with Crippen LogP contribution in [0.5, 0.6) is 0 Å². The molecule has 0 saturated heterocycles. The van der Waals surface area contributed by atoms with Gasteiger partial charge >= 0.3 is 0 Å². The first-order valence-corrected chi connectivity index (χ1v) is 11.1. The first kappa shape index (κ1) is 23.5. The van der Waals surface area contributed by atoms with Crippen molar-refractivity contribution >= 4 is 17.5 Å². The molecule has 1 aliphatic rings. The molecule has 1 saturated carbocycles. The molecule has 0 bridgehead atoms. The van der Waals surface area contributed by atoms with E-state index in [0.717, 1.165) is 16.8 Å². The number of anilines is 1. The lowest BCUT2D eigenvalue weighted by Crippen LogP contribution is -2.44. The molecule has 2 amide bonds. The zero-order chi connectivity index (χ0) is 24.3. The smallest absolute Gasteiger partial charge is 0.253 e. The Kier molecular flexibility index (Phi) is 6.68. The summed E-state index contributed by atoms with van der Waals surface area (Å²) in [7, 11) is 0. The molecule has 0 aliphatic heterocycles. The molecule has 2 aromatic heterocycles. The van der Waals surface area contributed by atoms with E-state index in [-0.39, 0.29) is 37.1 Å². The third-order valence-corrected chi connectivity index (χ3v) is 6.05. The molecule has 0 atom stereocenters. The predicted octanol–water partition coefficient (Wildman–Crippen LogP) is 4.78. The Morgan fingerprint density at radius 3 is 2.41 bits per heavy atom. The Bertz CT molecular complexity index is 1170. The first-order valence-electron chi connectivity index (χ1n) is 11.1. The van der Waals surface area contributed by atoms with Crippen molar-refractivity contribution in [3.05, 3.63) is 77.7 Å². The van der Waals surface area contributed by atoms with Crippen LogP contribution in [-0.2, 0) is 11.3 Å². The van der Waals surface area contributed by atoms with Gasteiger partial charge in [-0.15, -0.1) is 0 Å². The number of hydrogen-bond acceptors (Lipinski definition) is 4. The fourth-order valence-corrected chi connectivity index (χ4v) is 4.08. The maximum Gasteiger partial charge on any atom is 0.253 e. The largest absolute Gasteiger partial charge is 0.348 e. The summed E-state index contributed by atoms with van der Waals surface area (Å²) in [5.74, 6) is -3.21. The zero-order valence-corrected chi connectivity index (χ0v) is 19.1. The lowest BCUT2D eigenvalue weighted by Gasteiger charge is -2.38. The Labute approximate surface area is 197 Å². The molecule has 1 N–H and O–H groups in total. The molecule has 0 unspecified atom stereocenters. The van der Waals surface area contributed by atoms with E-state index < -0.39 is 5.92 Å². The third-order valence-electron chi connectivity index (χ3n) is 6.05. The number of aryl methyl sites for hydroxylation is 1. The van der Waals surface area contributed by atoms with Gasteiger partial charge in [-0.1, -0.05) is 18.2 Å². The Morgan fingerprint density at radius 1 is 1.09 bits per heavy atom. The SMILES string of the molecule is CC(=O)N(CC1CC(F)(F)C1)c1ccc(-c2ccc(C(=O)NCc3cccnc3C)cn2)cc1. The van der Waals surface area contributed by atoms with Gasteiger partial charge in [0.1, 0.15) is 0 Å². The number of halogens is 2. The van der Waals surface area contributed by atoms with Crippen LogP contribution in [0.15, 0.2) is 60.9 Å². The summed E-state index contributed by atoms with van der Waals surface area (Å²) in [5, 5.41) is 2.87. The molecule has 34 heavy (non-hydrogen) atoms. The molecule has 4 rings (SSSR count). The number of aromatic nitrogens is 2. The molecule has 2 heterocycles. The van der Waals surface area contributed by atoms with Gasteiger partial charge < -0.3 is 10.2 Å². The van der Waals surface area contributed by atoms with Gasteiger partial charge in [-0.3, -0.25) is 19.6 Å². The van der Waals surface area contributed by atoms with Gasteiger partial charge in [0, 0.05) is 62.2 Å². The molecule has 1 aliphatic carbocycles. The van der Waals surface area contributed by atoms with Gasteiger partial charge in [-0.25, -0.2) is 8.78 Å². The number of carbonyl (C=O) groups excluding carboxylic acids is 2.